The molecule has 0 unspecified atom stereocenters. The van der Waals surface area contributed by atoms with Gasteiger partial charge in [-0.3, -0.25) is 9.36 Å². The molecule has 1 aromatic carbocycles. The zero-order valence-electron chi connectivity index (χ0n) is 15.0. The van der Waals surface area contributed by atoms with Gasteiger partial charge >= 0.3 is 0 Å². The van der Waals surface area contributed by atoms with Crippen LogP contribution in [0.4, 0.5) is 0 Å². The van der Waals surface area contributed by atoms with Gasteiger partial charge in [-0.2, -0.15) is 0 Å². The minimum atomic E-state index is 0.0608. The first kappa shape index (κ1) is 18.6. The van der Waals surface area contributed by atoms with Gasteiger partial charge in [0, 0.05) is 24.1 Å². The summed E-state index contributed by atoms with van der Waals surface area (Å²) in [5.41, 5.74) is 2.39. The van der Waals surface area contributed by atoms with E-state index in [9.17, 15) is 4.79 Å². The van der Waals surface area contributed by atoms with Gasteiger partial charge < -0.3 is 5.32 Å². The van der Waals surface area contributed by atoms with Crippen LogP contribution in [0.3, 0.4) is 0 Å². The minimum Gasteiger partial charge on any atom is -0.353 e. The van der Waals surface area contributed by atoms with Gasteiger partial charge in [0.25, 0.3) is 0 Å². The number of nitrogens with one attached hydrogen (secondary N) is 1. The average Bonchev–Trinajstić information content (AvgIpc) is 3.01. The monoisotopic (exact) mass is 345 g/mol. The van der Waals surface area contributed by atoms with Crippen LogP contribution in [-0.2, 0) is 4.79 Å². The fraction of sp³-hybridized carbons (Fsp3) is 0.474. The maximum atomic E-state index is 12.0. The van der Waals surface area contributed by atoms with Crippen molar-refractivity contribution in [2.75, 3.05) is 5.75 Å². The summed E-state index contributed by atoms with van der Waals surface area (Å²) in [4.78, 5) is 16.4. The highest BCUT2D eigenvalue weighted by Crippen LogP contribution is 2.22. The van der Waals surface area contributed by atoms with Gasteiger partial charge in [0.1, 0.15) is 0 Å². The zero-order chi connectivity index (χ0) is 17.5. The largest absolute Gasteiger partial charge is 0.353 e. The molecule has 0 fully saturated rings. The number of amides is 1. The number of hydrogen-bond donors (Lipinski definition) is 1. The lowest BCUT2D eigenvalue weighted by molar-refractivity contribution is -0.119. The number of thioether (sulfide) groups is 1. The SMILES string of the molecule is CCC[C@@H](C)NC(=O)CSc1nccn1-c1ccc(C(C)C)cc1. The number of benzene rings is 1. The van der Waals surface area contributed by atoms with Gasteiger partial charge in [-0.25, -0.2) is 4.98 Å². The minimum absolute atomic E-state index is 0.0608. The quantitative estimate of drug-likeness (QED) is 0.722. The molecule has 5 heteroatoms. The summed E-state index contributed by atoms with van der Waals surface area (Å²) in [6, 6.07) is 8.72. The Hall–Kier alpha value is -1.75. The molecular formula is C19H27N3OS. The Morgan fingerprint density at radius 1 is 1.25 bits per heavy atom. The van der Waals surface area contributed by atoms with Crippen molar-refractivity contribution < 1.29 is 4.79 Å². The molecule has 1 N–H and O–H groups in total. The molecule has 0 bridgehead atoms. The second-order valence-electron chi connectivity index (χ2n) is 6.37. The fourth-order valence-electron chi connectivity index (χ4n) is 2.56. The van der Waals surface area contributed by atoms with Gasteiger partial charge in [-0.1, -0.05) is 51.1 Å². The molecule has 0 saturated carbocycles. The summed E-state index contributed by atoms with van der Waals surface area (Å²) in [6.45, 7) is 8.54. The molecule has 0 radical (unpaired) electrons. The Kier molecular flexibility index (Phi) is 6.91. The summed E-state index contributed by atoms with van der Waals surface area (Å²) in [5.74, 6) is 0.963. The predicted octanol–water partition coefficient (Wildman–Crippen LogP) is 4.39. The van der Waals surface area contributed by atoms with E-state index in [1.165, 1.54) is 17.3 Å². The third-order valence-corrected chi connectivity index (χ3v) is 4.87. The number of aromatic nitrogens is 2. The van der Waals surface area contributed by atoms with Crippen molar-refractivity contribution in [3.63, 3.8) is 0 Å². The van der Waals surface area contributed by atoms with Crippen LogP contribution in [0.15, 0.2) is 41.8 Å². The topological polar surface area (TPSA) is 46.9 Å². The highest BCUT2D eigenvalue weighted by Gasteiger charge is 2.11. The fourth-order valence-corrected chi connectivity index (χ4v) is 3.35. The highest BCUT2D eigenvalue weighted by molar-refractivity contribution is 7.99. The molecule has 0 spiro atoms. The van der Waals surface area contributed by atoms with Gasteiger partial charge in [-0.15, -0.1) is 0 Å². The Balaban J connectivity index is 1.99. The third-order valence-electron chi connectivity index (χ3n) is 3.91. The number of imidazole rings is 1. The Morgan fingerprint density at radius 3 is 2.58 bits per heavy atom. The summed E-state index contributed by atoms with van der Waals surface area (Å²) in [7, 11) is 0. The van der Waals surface area contributed by atoms with Gasteiger partial charge in [-0.05, 0) is 37.0 Å². The predicted molar refractivity (Wildman–Crippen MR) is 101 cm³/mol. The Bertz CT molecular complexity index is 649. The Morgan fingerprint density at radius 2 is 1.96 bits per heavy atom. The standard InChI is InChI=1S/C19H27N3OS/c1-5-6-15(4)21-18(23)13-24-19-20-11-12-22(19)17-9-7-16(8-10-17)14(2)3/h7-12,14-15H,5-6,13H2,1-4H3,(H,21,23)/t15-/m1/s1. The molecule has 0 saturated heterocycles. The van der Waals surface area contributed by atoms with Crippen LogP contribution in [0.25, 0.3) is 5.69 Å². The van der Waals surface area contributed by atoms with E-state index in [4.69, 9.17) is 0 Å². The zero-order valence-corrected chi connectivity index (χ0v) is 15.8. The molecule has 24 heavy (non-hydrogen) atoms. The highest BCUT2D eigenvalue weighted by atomic mass is 32.2. The van der Waals surface area contributed by atoms with Gasteiger partial charge in [0.2, 0.25) is 5.91 Å². The lowest BCUT2D eigenvalue weighted by Crippen LogP contribution is -2.33. The summed E-state index contributed by atoms with van der Waals surface area (Å²) in [6.07, 6.45) is 5.79. The summed E-state index contributed by atoms with van der Waals surface area (Å²) >= 11 is 1.47. The van der Waals surface area contributed by atoms with Gasteiger partial charge in [0.15, 0.2) is 5.16 Å². The Labute approximate surface area is 149 Å². The normalized spacial score (nSPS) is 12.4. The molecule has 0 aliphatic heterocycles. The second kappa shape index (κ2) is 8.92. The van der Waals surface area contributed by atoms with Crippen molar-refractivity contribution in [1.82, 2.24) is 14.9 Å². The van der Waals surface area contributed by atoms with E-state index in [0.29, 0.717) is 11.7 Å². The van der Waals surface area contributed by atoms with Crippen molar-refractivity contribution in [2.24, 2.45) is 0 Å². The van der Waals surface area contributed by atoms with Crippen LogP contribution in [0.1, 0.15) is 52.0 Å². The number of rotatable bonds is 8. The molecule has 0 aliphatic carbocycles. The van der Waals surface area contributed by atoms with Crippen LogP contribution < -0.4 is 5.32 Å². The van der Waals surface area contributed by atoms with Crippen molar-refractivity contribution in [1.29, 1.82) is 0 Å². The number of hydrogen-bond acceptors (Lipinski definition) is 3. The van der Waals surface area contributed by atoms with E-state index in [1.54, 1.807) is 6.20 Å². The number of nitrogens with zero attached hydrogens (tertiary/aromatic N) is 2. The van der Waals surface area contributed by atoms with Crippen molar-refractivity contribution >= 4 is 17.7 Å². The van der Waals surface area contributed by atoms with Crippen LogP contribution in [-0.4, -0.2) is 27.3 Å². The van der Waals surface area contributed by atoms with Crippen LogP contribution in [0, 0.1) is 0 Å². The van der Waals surface area contributed by atoms with E-state index >= 15 is 0 Å². The van der Waals surface area contributed by atoms with Crippen molar-refractivity contribution in [3.05, 3.63) is 42.2 Å². The van der Waals surface area contributed by atoms with Crippen LogP contribution in [0.2, 0.25) is 0 Å². The lowest BCUT2D eigenvalue weighted by Gasteiger charge is -2.13. The molecule has 2 rings (SSSR count). The maximum Gasteiger partial charge on any atom is 0.230 e. The maximum absolute atomic E-state index is 12.0. The van der Waals surface area contributed by atoms with Crippen LogP contribution in [0.5, 0.6) is 0 Å². The van der Waals surface area contributed by atoms with E-state index in [0.717, 1.165) is 23.7 Å². The number of carbonyl (C=O) groups excluding carboxylic acids is 1. The first-order chi connectivity index (χ1) is 11.5. The molecule has 0 aliphatic rings. The molecule has 1 aromatic heterocycles. The van der Waals surface area contributed by atoms with Crippen LogP contribution >= 0.6 is 11.8 Å². The molecule has 1 atom stereocenters. The lowest BCUT2D eigenvalue weighted by atomic mass is 10.0. The molecule has 1 heterocycles. The van der Waals surface area contributed by atoms with Gasteiger partial charge in [0.05, 0.1) is 5.75 Å². The molecule has 130 valence electrons. The number of carbonyl (C=O) groups is 1. The van der Waals surface area contributed by atoms with E-state index in [1.807, 2.05) is 17.7 Å². The third kappa shape index (κ3) is 5.13. The molecule has 2 aromatic rings. The first-order valence-electron chi connectivity index (χ1n) is 8.57. The smallest absolute Gasteiger partial charge is 0.230 e. The molecule has 4 nitrogen and oxygen atoms in total. The van der Waals surface area contributed by atoms with E-state index in [-0.39, 0.29) is 11.9 Å². The molecule has 1 amide bonds. The summed E-state index contributed by atoms with van der Waals surface area (Å²) in [5, 5.41) is 3.86. The van der Waals surface area contributed by atoms with E-state index < -0.39 is 0 Å². The van der Waals surface area contributed by atoms with Crippen molar-refractivity contribution in [2.45, 2.75) is 57.7 Å². The first-order valence-corrected chi connectivity index (χ1v) is 9.55. The average molecular weight is 346 g/mol. The summed E-state index contributed by atoms with van der Waals surface area (Å²) < 4.78 is 2.03. The second-order valence-corrected chi connectivity index (χ2v) is 7.31. The van der Waals surface area contributed by atoms with Crippen molar-refractivity contribution in [3.8, 4) is 5.69 Å². The molecular weight excluding hydrogens is 318 g/mol. The van der Waals surface area contributed by atoms with E-state index in [2.05, 4.69) is 55.3 Å².